The fourth-order valence-electron chi connectivity index (χ4n) is 4.74. The summed E-state index contributed by atoms with van der Waals surface area (Å²) in [5.41, 5.74) is 3.82. The first kappa shape index (κ1) is 29.6. The first-order chi connectivity index (χ1) is 17.9. The minimum Gasteiger partial charge on any atom is -0.456 e. The fourth-order valence-corrected chi connectivity index (χ4v) is 6.77. The van der Waals surface area contributed by atoms with E-state index in [-0.39, 0.29) is 23.8 Å². The highest BCUT2D eigenvalue weighted by Crippen LogP contribution is 2.34. The molecule has 3 rings (SSSR count). The normalized spacial score (nSPS) is 14.3. The third-order valence-electron chi connectivity index (χ3n) is 6.78. The van der Waals surface area contributed by atoms with Crippen LogP contribution in [0.15, 0.2) is 77.7 Å². The molecule has 3 aromatic rings. The third-order valence-corrected chi connectivity index (χ3v) is 9.02. The van der Waals surface area contributed by atoms with Gasteiger partial charge in [0.2, 0.25) is 10.0 Å². The number of aliphatic hydroxyl groups excluding tert-OH is 1. The molecule has 0 bridgehead atoms. The molecule has 0 unspecified atom stereocenters. The van der Waals surface area contributed by atoms with E-state index in [1.54, 1.807) is 20.8 Å². The molecule has 0 aromatic heterocycles. The van der Waals surface area contributed by atoms with Gasteiger partial charge in [-0.25, -0.2) is 8.42 Å². The molecular weight excluding hydrogens is 498 g/mol. The largest absolute Gasteiger partial charge is 0.456 e. The second-order valence-electron chi connectivity index (χ2n) is 10.3. The molecule has 0 fully saturated rings. The maximum Gasteiger partial charge on any atom is 0.309 e. The number of rotatable bonds is 11. The van der Waals surface area contributed by atoms with Crippen molar-refractivity contribution >= 4 is 16.0 Å². The zero-order chi connectivity index (χ0) is 28.0. The maximum atomic E-state index is 14.4. The number of carbonyl (C=O) groups excluding carboxylic acids is 1. The lowest BCUT2D eigenvalue weighted by Gasteiger charge is -2.35. The molecule has 3 atom stereocenters. The van der Waals surface area contributed by atoms with Crippen LogP contribution < -0.4 is 0 Å². The molecule has 0 aliphatic rings. The van der Waals surface area contributed by atoms with Gasteiger partial charge in [-0.05, 0) is 55.9 Å². The van der Waals surface area contributed by atoms with E-state index in [0.717, 1.165) is 11.1 Å². The van der Waals surface area contributed by atoms with Gasteiger partial charge in [-0.15, -0.1) is 0 Å². The van der Waals surface area contributed by atoms with E-state index < -0.39 is 34.2 Å². The molecule has 0 aliphatic heterocycles. The van der Waals surface area contributed by atoms with E-state index in [1.807, 2.05) is 93.6 Å². The topological polar surface area (TPSA) is 83.9 Å². The Balaban J connectivity index is 2.10. The Morgan fingerprint density at radius 1 is 0.895 bits per heavy atom. The van der Waals surface area contributed by atoms with Crippen molar-refractivity contribution in [2.45, 2.75) is 77.7 Å². The number of hydrogen-bond donors (Lipinski definition) is 1. The second kappa shape index (κ2) is 12.7. The highest BCUT2D eigenvalue weighted by atomic mass is 32.2. The standard InChI is InChI=1S/C31H39NO5S/c1-21(2)28(33)19-29(34)37-30(27-15-11-8-12-16-27)25(6)32(20-26-13-9-7-10-14-26)38(35,36)31-23(4)17-22(3)18-24(31)5/h7-18,21,25,28,30,33H,19-20H2,1-6H3/t25-,28-,30-/m1/s1. The van der Waals surface area contributed by atoms with E-state index in [1.165, 1.54) is 4.31 Å². The zero-order valence-electron chi connectivity index (χ0n) is 23.1. The number of sulfonamides is 1. The lowest BCUT2D eigenvalue weighted by Crippen LogP contribution is -2.43. The quantitative estimate of drug-likeness (QED) is 0.309. The Morgan fingerprint density at radius 3 is 1.95 bits per heavy atom. The Bertz CT molecular complexity index is 1300. The van der Waals surface area contributed by atoms with Gasteiger partial charge in [0.1, 0.15) is 6.10 Å². The van der Waals surface area contributed by atoms with Crippen molar-refractivity contribution in [2.24, 2.45) is 5.92 Å². The van der Waals surface area contributed by atoms with Gasteiger partial charge in [0, 0.05) is 6.54 Å². The fraction of sp³-hybridized carbons (Fsp3) is 0.387. The molecule has 0 spiro atoms. The SMILES string of the molecule is Cc1cc(C)c(S(=O)(=O)N(Cc2ccccc2)[C@H](C)[C@@H](OC(=O)C[C@@H](O)C(C)C)c2ccccc2)c(C)c1. The van der Waals surface area contributed by atoms with Crippen LogP contribution in [0.5, 0.6) is 0 Å². The molecule has 0 radical (unpaired) electrons. The molecule has 7 heteroatoms. The zero-order valence-corrected chi connectivity index (χ0v) is 23.9. The molecule has 0 amide bonds. The molecular formula is C31H39NO5S. The lowest BCUT2D eigenvalue weighted by molar-refractivity contribution is -0.155. The van der Waals surface area contributed by atoms with Crippen LogP contribution in [0.25, 0.3) is 0 Å². The molecule has 0 saturated carbocycles. The second-order valence-corrected chi connectivity index (χ2v) is 12.2. The summed E-state index contributed by atoms with van der Waals surface area (Å²) in [5.74, 6) is -0.691. The van der Waals surface area contributed by atoms with Crippen molar-refractivity contribution in [1.82, 2.24) is 4.31 Å². The highest BCUT2D eigenvalue weighted by Gasteiger charge is 2.38. The van der Waals surface area contributed by atoms with Crippen LogP contribution in [0, 0.1) is 26.7 Å². The molecule has 0 aliphatic carbocycles. The number of carbonyl (C=O) groups is 1. The highest BCUT2D eigenvalue weighted by molar-refractivity contribution is 7.89. The smallest absolute Gasteiger partial charge is 0.309 e. The van der Waals surface area contributed by atoms with Gasteiger partial charge in [-0.2, -0.15) is 4.31 Å². The van der Waals surface area contributed by atoms with Gasteiger partial charge in [0.15, 0.2) is 0 Å². The predicted molar refractivity (Wildman–Crippen MR) is 150 cm³/mol. The summed E-state index contributed by atoms with van der Waals surface area (Å²) in [7, 11) is -4.01. The van der Waals surface area contributed by atoms with Gasteiger partial charge in [-0.1, -0.05) is 92.2 Å². The Morgan fingerprint density at radius 2 is 1.42 bits per heavy atom. The molecule has 0 saturated heterocycles. The first-order valence-corrected chi connectivity index (χ1v) is 14.4. The van der Waals surface area contributed by atoms with Crippen molar-refractivity contribution < 1.29 is 23.1 Å². The molecule has 1 N–H and O–H groups in total. The maximum absolute atomic E-state index is 14.4. The Kier molecular flexibility index (Phi) is 9.88. The summed E-state index contributed by atoms with van der Waals surface area (Å²) < 4.78 is 36.1. The minimum absolute atomic E-state index is 0.104. The molecule has 0 heterocycles. The van der Waals surface area contributed by atoms with Gasteiger partial charge in [0.05, 0.1) is 23.5 Å². The summed E-state index contributed by atoms with van der Waals surface area (Å²) >= 11 is 0. The number of hydrogen-bond acceptors (Lipinski definition) is 5. The van der Waals surface area contributed by atoms with Crippen molar-refractivity contribution in [2.75, 3.05) is 0 Å². The number of esters is 1. The first-order valence-electron chi connectivity index (χ1n) is 13.0. The number of aryl methyl sites for hydroxylation is 3. The summed E-state index contributed by atoms with van der Waals surface area (Å²) in [6, 6.07) is 21.5. The Hall–Kier alpha value is -3.00. The molecule has 204 valence electrons. The van der Waals surface area contributed by atoms with Crippen molar-refractivity contribution in [3.8, 4) is 0 Å². The Labute approximate surface area is 227 Å². The molecule has 3 aromatic carbocycles. The van der Waals surface area contributed by atoms with E-state index in [4.69, 9.17) is 4.74 Å². The van der Waals surface area contributed by atoms with E-state index in [9.17, 15) is 18.3 Å². The number of benzene rings is 3. The van der Waals surface area contributed by atoms with E-state index in [0.29, 0.717) is 16.7 Å². The average Bonchev–Trinajstić information content (AvgIpc) is 2.85. The van der Waals surface area contributed by atoms with Crippen molar-refractivity contribution in [3.05, 3.63) is 101 Å². The summed E-state index contributed by atoms with van der Waals surface area (Å²) in [5, 5.41) is 10.3. The van der Waals surface area contributed by atoms with Crippen LogP contribution in [-0.2, 0) is 26.1 Å². The molecule has 38 heavy (non-hydrogen) atoms. The number of ether oxygens (including phenoxy) is 1. The monoisotopic (exact) mass is 537 g/mol. The van der Waals surface area contributed by atoms with Gasteiger partial charge in [0.25, 0.3) is 0 Å². The third kappa shape index (κ3) is 7.10. The summed E-state index contributed by atoms with van der Waals surface area (Å²) in [4.78, 5) is 13.2. The number of aliphatic hydroxyl groups is 1. The van der Waals surface area contributed by atoms with Gasteiger partial charge >= 0.3 is 5.97 Å². The predicted octanol–water partition coefficient (Wildman–Crippen LogP) is 5.88. The van der Waals surface area contributed by atoms with Gasteiger partial charge < -0.3 is 9.84 Å². The van der Waals surface area contributed by atoms with E-state index >= 15 is 0 Å². The molecule has 6 nitrogen and oxygen atoms in total. The average molecular weight is 538 g/mol. The van der Waals surface area contributed by atoms with E-state index in [2.05, 4.69) is 0 Å². The van der Waals surface area contributed by atoms with Crippen LogP contribution in [0.1, 0.15) is 61.1 Å². The number of nitrogens with zero attached hydrogens (tertiary/aromatic N) is 1. The van der Waals surface area contributed by atoms with Crippen LogP contribution >= 0.6 is 0 Å². The van der Waals surface area contributed by atoms with Crippen LogP contribution in [0.2, 0.25) is 0 Å². The van der Waals surface area contributed by atoms with Gasteiger partial charge in [-0.3, -0.25) is 4.79 Å². The van der Waals surface area contributed by atoms with Crippen molar-refractivity contribution in [3.63, 3.8) is 0 Å². The van der Waals surface area contributed by atoms with Crippen molar-refractivity contribution in [1.29, 1.82) is 0 Å². The lowest BCUT2D eigenvalue weighted by atomic mass is 10.0. The summed E-state index contributed by atoms with van der Waals surface area (Å²) in [6.07, 6.45) is -1.90. The minimum atomic E-state index is -4.01. The van der Waals surface area contributed by atoms with Crippen LogP contribution in [0.4, 0.5) is 0 Å². The van der Waals surface area contributed by atoms with Crippen LogP contribution in [-0.4, -0.2) is 35.9 Å². The summed E-state index contributed by atoms with van der Waals surface area (Å²) in [6.45, 7) is 11.1. The van der Waals surface area contributed by atoms with Crippen LogP contribution in [0.3, 0.4) is 0 Å².